The molecule has 0 unspecified atom stereocenters. The summed E-state index contributed by atoms with van der Waals surface area (Å²) in [6.07, 6.45) is 1.03. The molecule has 0 atom stereocenters. The van der Waals surface area contributed by atoms with Gasteiger partial charge in [-0.1, -0.05) is 20.8 Å². The summed E-state index contributed by atoms with van der Waals surface area (Å²) in [7, 11) is 0. The zero-order chi connectivity index (χ0) is 15.6. The molecule has 5 heteroatoms. The van der Waals surface area contributed by atoms with E-state index in [4.69, 9.17) is 4.74 Å². The summed E-state index contributed by atoms with van der Waals surface area (Å²) in [6.45, 7) is 12.2. The van der Waals surface area contributed by atoms with Crippen LogP contribution in [0.15, 0.2) is 0 Å². The second kappa shape index (κ2) is 9.53. The van der Waals surface area contributed by atoms with E-state index in [2.05, 4.69) is 4.74 Å². The van der Waals surface area contributed by atoms with Gasteiger partial charge in [0.1, 0.15) is 5.60 Å². The zero-order valence-corrected chi connectivity index (χ0v) is 13.0. The summed E-state index contributed by atoms with van der Waals surface area (Å²) in [6, 6.07) is 0. The van der Waals surface area contributed by atoms with Crippen LogP contribution in [-0.2, 0) is 23.9 Å². The molecule has 0 saturated carbocycles. The molecule has 0 saturated heterocycles. The average molecular weight is 274 g/mol. The Balaban J connectivity index is 0. The highest BCUT2D eigenvalue weighted by molar-refractivity contribution is 5.86. The van der Waals surface area contributed by atoms with Gasteiger partial charge < -0.3 is 9.47 Å². The van der Waals surface area contributed by atoms with E-state index in [1.807, 2.05) is 27.7 Å². The number of rotatable bonds is 3. The second-order valence-corrected chi connectivity index (χ2v) is 5.40. The summed E-state index contributed by atoms with van der Waals surface area (Å²) in [5.41, 5.74) is -0.328. The maximum Gasteiger partial charge on any atom is 0.316 e. The first-order chi connectivity index (χ1) is 8.49. The minimum absolute atomic E-state index is 0.225. The predicted octanol–water partition coefficient (Wildman–Crippen LogP) is 2.86. The van der Waals surface area contributed by atoms with Crippen molar-refractivity contribution in [1.82, 2.24) is 0 Å². The van der Waals surface area contributed by atoms with Gasteiger partial charge in [0.15, 0.2) is 0 Å². The third kappa shape index (κ3) is 16.6. The summed E-state index contributed by atoms with van der Waals surface area (Å²) in [5, 5.41) is 0. The molecular weight excluding hydrogens is 248 g/mol. The fourth-order valence-corrected chi connectivity index (χ4v) is 0.916. The summed E-state index contributed by atoms with van der Waals surface area (Å²) >= 11 is 0. The Morgan fingerprint density at radius 3 is 1.79 bits per heavy atom. The van der Waals surface area contributed by atoms with E-state index in [-0.39, 0.29) is 17.5 Å². The van der Waals surface area contributed by atoms with Crippen LogP contribution in [0.5, 0.6) is 0 Å². The Morgan fingerprint density at radius 1 is 1.11 bits per heavy atom. The second-order valence-electron chi connectivity index (χ2n) is 5.40. The first-order valence-electron chi connectivity index (χ1n) is 6.43. The van der Waals surface area contributed by atoms with Crippen LogP contribution >= 0.6 is 0 Å². The lowest BCUT2D eigenvalue weighted by atomic mass is 10.2. The lowest BCUT2D eigenvalue weighted by Crippen LogP contribution is -2.21. The van der Waals surface area contributed by atoms with E-state index in [9.17, 15) is 14.4 Å². The molecule has 0 fully saturated rings. The van der Waals surface area contributed by atoms with Gasteiger partial charge in [-0.25, -0.2) is 0 Å². The lowest BCUT2D eigenvalue weighted by molar-refractivity contribution is -0.162. The van der Waals surface area contributed by atoms with E-state index in [1.54, 1.807) is 13.8 Å². The van der Waals surface area contributed by atoms with E-state index in [1.165, 1.54) is 6.92 Å². The Hall–Kier alpha value is -1.39. The average Bonchev–Trinajstić information content (AvgIpc) is 2.14. The van der Waals surface area contributed by atoms with Crippen LogP contribution in [0.3, 0.4) is 0 Å². The monoisotopic (exact) mass is 274 g/mol. The van der Waals surface area contributed by atoms with Crippen molar-refractivity contribution < 1.29 is 23.9 Å². The topological polar surface area (TPSA) is 69.7 Å². The van der Waals surface area contributed by atoms with Gasteiger partial charge in [-0.05, 0) is 27.2 Å². The van der Waals surface area contributed by atoms with Gasteiger partial charge in [0.25, 0.3) is 0 Å². The van der Waals surface area contributed by atoms with Crippen LogP contribution in [-0.4, -0.2) is 23.5 Å². The Bertz CT molecular complexity index is 299. The maximum absolute atomic E-state index is 10.8. The Morgan fingerprint density at radius 2 is 1.58 bits per heavy atom. The highest BCUT2D eigenvalue weighted by Crippen LogP contribution is 2.05. The summed E-state index contributed by atoms with van der Waals surface area (Å²) < 4.78 is 9.27. The molecule has 112 valence electrons. The normalized spacial score (nSPS) is 10.3. The molecule has 5 nitrogen and oxygen atoms in total. The van der Waals surface area contributed by atoms with Gasteiger partial charge in [-0.3, -0.25) is 14.4 Å². The van der Waals surface area contributed by atoms with Crippen molar-refractivity contribution >= 4 is 17.9 Å². The Labute approximate surface area is 115 Å². The fraction of sp³-hybridized carbons (Fsp3) is 0.786. The molecule has 0 aliphatic rings. The predicted molar refractivity (Wildman–Crippen MR) is 72.4 cm³/mol. The minimum Gasteiger partial charge on any atom is -0.460 e. The highest BCUT2D eigenvalue weighted by Gasteiger charge is 2.12. The van der Waals surface area contributed by atoms with Gasteiger partial charge >= 0.3 is 17.9 Å². The van der Waals surface area contributed by atoms with Crippen LogP contribution in [0.4, 0.5) is 0 Å². The van der Waals surface area contributed by atoms with Gasteiger partial charge in [-0.15, -0.1) is 0 Å². The zero-order valence-electron chi connectivity index (χ0n) is 13.0. The molecule has 0 aliphatic carbocycles. The van der Waals surface area contributed by atoms with E-state index < -0.39 is 11.9 Å². The molecule has 0 N–H and O–H groups in total. The van der Waals surface area contributed by atoms with Crippen LogP contribution in [0.2, 0.25) is 0 Å². The number of hydrogen-bond donors (Lipinski definition) is 0. The smallest absolute Gasteiger partial charge is 0.316 e. The molecule has 19 heavy (non-hydrogen) atoms. The minimum atomic E-state index is -0.441. The Kier molecular flexibility index (Phi) is 10.00. The third-order valence-corrected chi connectivity index (χ3v) is 1.59. The number of hydrogen-bond acceptors (Lipinski definition) is 5. The molecule has 0 aliphatic heterocycles. The number of carbonyl (C=O) groups is 3. The van der Waals surface area contributed by atoms with Crippen molar-refractivity contribution in [3.05, 3.63) is 0 Å². The van der Waals surface area contributed by atoms with Gasteiger partial charge in [0, 0.05) is 13.3 Å². The first-order valence-corrected chi connectivity index (χ1v) is 6.43. The molecule has 0 aromatic heterocycles. The van der Waals surface area contributed by atoms with Crippen LogP contribution < -0.4 is 0 Å². The molecule has 0 heterocycles. The van der Waals surface area contributed by atoms with E-state index in [0.29, 0.717) is 12.8 Å². The molecule has 0 bridgehead atoms. The molecule has 0 aromatic rings. The molecular formula is C14H26O5. The third-order valence-electron chi connectivity index (χ3n) is 1.59. The van der Waals surface area contributed by atoms with E-state index in [0.717, 1.165) is 0 Å². The van der Waals surface area contributed by atoms with Crippen molar-refractivity contribution in [3.63, 3.8) is 0 Å². The van der Waals surface area contributed by atoms with Gasteiger partial charge in [0.05, 0.1) is 5.92 Å². The van der Waals surface area contributed by atoms with Gasteiger partial charge in [0.2, 0.25) is 0 Å². The standard InChI is InChI=1S/C8H14O3.C6H12O2/c1-4-5-7(9)11-8(10)6(2)3;1-5(7)8-6(2,3)4/h6H,4-5H2,1-3H3;1-4H3. The van der Waals surface area contributed by atoms with Crippen LogP contribution in [0, 0.1) is 5.92 Å². The van der Waals surface area contributed by atoms with Crippen LogP contribution in [0.1, 0.15) is 61.3 Å². The van der Waals surface area contributed by atoms with Crippen molar-refractivity contribution in [2.45, 2.75) is 66.9 Å². The lowest BCUT2D eigenvalue weighted by Gasteiger charge is -2.17. The molecule has 0 aromatic carbocycles. The summed E-state index contributed by atoms with van der Waals surface area (Å²) in [5.74, 6) is -1.32. The quantitative estimate of drug-likeness (QED) is 0.584. The molecule has 0 spiro atoms. The van der Waals surface area contributed by atoms with Crippen LogP contribution in [0.25, 0.3) is 0 Å². The van der Waals surface area contributed by atoms with Gasteiger partial charge in [-0.2, -0.15) is 0 Å². The fourth-order valence-electron chi connectivity index (χ4n) is 0.916. The largest absolute Gasteiger partial charge is 0.460 e. The SMILES string of the molecule is CC(=O)OC(C)(C)C.CCCC(=O)OC(=O)C(C)C. The molecule has 0 radical (unpaired) electrons. The number of ether oxygens (including phenoxy) is 2. The van der Waals surface area contributed by atoms with E-state index >= 15 is 0 Å². The first kappa shape index (κ1) is 19.9. The maximum atomic E-state index is 10.8. The van der Waals surface area contributed by atoms with Crippen molar-refractivity contribution in [2.24, 2.45) is 5.92 Å². The molecule has 0 amide bonds. The van der Waals surface area contributed by atoms with Crippen molar-refractivity contribution in [1.29, 1.82) is 0 Å². The number of esters is 3. The highest BCUT2D eigenvalue weighted by atomic mass is 16.6. The molecule has 0 rings (SSSR count). The van der Waals surface area contributed by atoms with Crippen molar-refractivity contribution in [2.75, 3.05) is 0 Å². The summed E-state index contributed by atoms with van der Waals surface area (Å²) in [4.78, 5) is 31.7. The number of carbonyl (C=O) groups excluding carboxylic acids is 3. The van der Waals surface area contributed by atoms with Crippen molar-refractivity contribution in [3.8, 4) is 0 Å².